The molecule has 3 aromatic rings. The molecular formula is C24H16N2O4. The van der Waals surface area contributed by atoms with Crippen LogP contribution in [0.25, 0.3) is 11.1 Å². The molecule has 0 fully saturated rings. The molecule has 2 heterocycles. The van der Waals surface area contributed by atoms with Crippen LogP contribution in [0.15, 0.2) is 60.7 Å². The van der Waals surface area contributed by atoms with Gasteiger partial charge in [-0.2, -0.15) is 0 Å². The molecule has 0 unspecified atom stereocenters. The summed E-state index contributed by atoms with van der Waals surface area (Å²) in [5.74, 6) is -1.42. The van der Waals surface area contributed by atoms with Gasteiger partial charge in [0.25, 0.3) is 23.6 Å². The van der Waals surface area contributed by atoms with Crippen LogP contribution in [0, 0.1) is 6.92 Å². The van der Waals surface area contributed by atoms with E-state index in [1.54, 1.807) is 54.6 Å². The Morgan fingerprint density at radius 2 is 1.13 bits per heavy atom. The van der Waals surface area contributed by atoms with Gasteiger partial charge < -0.3 is 0 Å². The van der Waals surface area contributed by atoms with Crippen molar-refractivity contribution in [3.05, 3.63) is 88.5 Å². The normalized spacial score (nSPS) is 15.1. The van der Waals surface area contributed by atoms with Crippen molar-refractivity contribution < 1.29 is 19.2 Å². The molecule has 0 bridgehead atoms. The molecule has 30 heavy (non-hydrogen) atoms. The maximum atomic E-state index is 13.0. The molecule has 0 saturated heterocycles. The number of benzene rings is 3. The highest BCUT2D eigenvalue weighted by molar-refractivity contribution is 6.34. The van der Waals surface area contributed by atoms with Gasteiger partial charge in [0.1, 0.15) is 0 Å². The second kappa shape index (κ2) is 6.22. The summed E-state index contributed by atoms with van der Waals surface area (Å²) in [6.45, 7) is 1.90. The van der Waals surface area contributed by atoms with Gasteiger partial charge in [0.15, 0.2) is 0 Å². The second-order valence-electron chi connectivity index (χ2n) is 7.47. The average Bonchev–Trinajstić information content (AvgIpc) is 3.13. The van der Waals surface area contributed by atoms with Crippen LogP contribution >= 0.6 is 0 Å². The molecule has 146 valence electrons. The molecular weight excluding hydrogens is 380 g/mol. The van der Waals surface area contributed by atoms with Gasteiger partial charge in [0.2, 0.25) is 0 Å². The lowest BCUT2D eigenvalue weighted by molar-refractivity contribution is 0.0692. The molecule has 0 atom stereocenters. The Labute approximate surface area is 172 Å². The van der Waals surface area contributed by atoms with Crippen molar-refractivity contribution in [3.8, 4) is 11.1 Å². The van der Waals surface area contributed by atoms with Crippen molar-refractivity contribution in [1.29, 1.82) is 0 Å². The first-order valence-corrected chi connectivity index (χ1v) is 9.43. The van der Waals surface area contributed by atoms with Gasteiger partial charge in [-0.1, -0.05) is 24.3 Å². The van der Waals surface area contributed by atoms with Crippen LogP contribution in [0.4, 0.5) is 5.69 Å². The van der Waals surface area contributed by atoms with E-state index in [0.29, 0.717) is 39.1 Å². The minimum Gasteiger partial charge on any atom is -0.277 e. The molecule has 2 aliphatic heterocycles. The fraction of sp³-hybridized carbons (Fsp3) is 0.0833. The van der Waals surface area contributed by atoms with Crippen LogP contribution in [-0.4, -0.2) is 35.6 Å². The van der Waals surface area contributed by atoms with E-state index in [2.05, 4.69) is 0 Å². The van der Waals surface area contributed by atoms with Crippen molar-refractivity contribution >= 4 is 29.3 Å². The van der Waals surface area contributed by atoms with Gasteiger partial charge in [-0.3, -0.25) is 24.1 Å². The fourth-order valence-corrected chi connectivity index (χ4v) is 3.96. The van der Waals surface area contributed by atoms with Crippen LogP contribution in [0.5, 0.6) is 0 Å². The lowest BCUT2D eigenvalue weighted by Gasteiger charge is -2.14. The highest BCUT2D eigenvalue weighted by Gasteiger charge is 2.37. The van der Waals surface area contributed by atoms with Crippen LogP contribution < -0.4 is 4.90 Å². The highest BCUT2D eigenvalue weighted by atomic mass is 16.2. The number of anilines is 1. The summed E-state index contributed by atoms with van der Waals surface area (Å²) >= 11 is 0. The fourth-order valence-electron chi connectivity index (χ4n) is 3.96. The largest absolute Gasteiger partial charge is 0.277 e. The van der Waals surface area contributed by atoms with E-state index in [1.165, 1.54) is 11.9 Å². The SMILES string of the molecule is Cc1cccc(N2C(=O)c3ccc(-c4ccc5c(c4)C(=O)N(C)C5=O)cc3C2=O)c1. The Kier molecular flexibility index (Phi) is 3.73. The third-order valence-electron chi connectivity index (χ3n) is 5.57. The number of hydrogen-bond donors (Lipinski definition) is 0. The molecule has 0 saturated carbocycles. The predicted molar refractivity (Wildman–Crippen MR) is 111 cm³/mol. The quantitative estimate of drug-likeness (QED) is 0.619. The Hall–Kier alpha value is -4.06. The zero-order valence-corrected chi connectivity index (χ0v) is 16.3. The summed E-state index contributed by atoms with van der Waals surface area (Å²) in [7, 11) is 1.45. The maximum Gasteiger partial charge on any atom is 0.266 e. The van der Waals surface area contributed by atoms with Gasteiger partial charge in [0, 0.05) is 7.05 Å². The molecule has 2 aliphatic rings. The molecule has 0 N–H and O–H groups in total. The smallest absolute Gasteiger partial charge is 0.266 e. The Morgan fingerprint density at radius 3 is 1.77 bits per heavy atom. The molecule has 3 aromatic carbocycles. The minimum absolute atomic E-state index is 0.319. The Balaban J connectivity index is 1.56. The molecule has 0 radical (unpaired) electrons. The number of amides is 4. The predicted octanol–water partition coefficient (Wildman–Crippen LogP) is 3.69. The molecule has 0 aromatic heterocycles. The number of imide groups is 2. The van der Waals surface area contributed by atoms with Gasteiger partial charge in [-0.25, -0.2) is 4.90 Å². The third-order valence-corrected chi connectivity index (χ3v) is 5.57. The Morgan fingerprint density at radius 1 is 0.600 bits per heavy atom. The van der Waals surface area contributed by atoms with Crippen LogP contribution in [0.3, 0.4) is 0 Å². The summed E-state index contributed by atoms with van der Waals surface area (Å²) in [4.78, 5) is 52.5. The lowest BCUT2D eigenvalue weighted by atomic mass is 9.97. The summed E-state index contributed by atoms with van der Waals surface area (Å²) in [6.07, 6.45) is 0. The van der Waals surface area contributed by atoms with Crippen molar-refractivity contribution in [3.63, 3.8) is 0 Å². The van der Waals surface area contributed by atoms with E-state index in [0.717, 1.165) is 10.5 Å². The van der Waals surface area contributed by atoms with E-state index in [-0.39, 0.29) is 23.6 Å². The summed E-state index contributed by atoms with van der Waals surface area (Å²) in [5.41, 5.74) is 4.24. The molecule has 4 amide bonds. The first-order valence-electron chi connectivity index (χ1n) is 9.43. The standard InChI is InChI=1S/C24H16N2O4/c1-13-4-3-5-16(10-13)26-23(29)18-9-7-15(12-20(18)24(26)30)14-6-8-17-19(11-14)22(28)25(2)21(17)27/h3-12H,1-2H3. The molecule has 0 spiro atoms. The second-order valence-corrected chi connectivity index (χ2v) is 7.47. The monoisotopic (exact) mass is 396 g/mol. The number of fused-ring (bicyclic) bond motifs is 2. The number of carbonyl (C=O) groups excluding carboxylic acids is 4. The summed E-state index contributed by atoms with van der Waals surface area (Å²) in [6, 6.07) is 17.3. The first kappa shape index (κ1) is 18.0. The molecule has 6 nitrogen and oxygen atoms in total. The first-order chi connectivity index (χ1) is 14.4. The lowest BCUT2D eigenvalue weighted by Crippen LogP contribution is -2.29. The molecule has 0 aliphatic carbocycles. The number of nitrogens with zero attached hydrogens (tertiary/aromatic N) is 2. The van der Waals surface area contributed by atoms with Gasteiger partial charge in [-0.15, -0.1) is 0 Å². The van der Waals surface area contributed by atoms with E-state index in [4.69, 9.17) is 0 Å². The molecule has 6 heteroatoms. The van der Waals surface area contributed by atoms with Gasteiger partial charge in [0.05, 0.1) is 27.9 Å². The van der Waals surface area contributed by atoms with Crippen molar-refractivity contribution in [1.82, 2.24) is 4.90 Å². The van der Waals surface area contributed by atoms with Gasteiger partial charge >= 0.3 is 0 Å². The summed E-state index contributed by atoms with van der Waals surface area (Å²) in [5, 5.41) is 0. The third kappa shape index (κ3) is 2.43. The summed E-state index contributed by atoms with van der Waals surface area (Å²) < 4.78 is 0. The highest BCUT2D eigenvalue weighted by Crippen LogP contribution is 2.33. The van der Waals surface area contributed by atoms with Crippen LogP contribution in [0.2, 0.25) is 0 Å². The number of hydrogen-bond acceptors (Lipinski definition) is 4. The van der Waals surface area contributed by atoms with Crippen LogP contribution in [-0.2, 0) is 0 Å². The zero-order chi connectivity index (χ0) is 21.2. The maximum absolute atomic E-state index is 13.0. The van der Waals surface area contributed by atoms with Gasteiger partial charge in [-0.05, 0) is 60.0 Å². The minimum atomic E-state index is -0.380. The number of rotatable bonds is 2. The molecule has 5 rings (SSSR count). The van der Waals surface area contributed by atoms with Crippen molar-refractivity contribution in [2.75, 3.05) is 11.9 Å². The topological polar surface area (TPSA) is 74.8 Å². The van der Waals surface area contributed by atoms with Crippen molar-refractivity contribution in [2.24, 2.45) is 0 Å². The van der Waals surface area contributed by atoms with E-state index < -0.39 is 0 Å². The van der Waals surface area contributed by atoms with E-state index >= 15 is 0 Å². The number of aryl methyl sites for hydroxylation is 1. The van der Waals surface area contributed by atoms with E-state index in [9.17, 15) is 19.2 Å². The average molecular weight is 396 g/mol. The zero-order valence-electron chi connectivity index (χ0n) is 16.3. The number of carbonyl (C=O) groups is 4. The van der Waals surface area contributed by atoms with Crippen LogP contribution in [0.1, 0.15) is 47.0 Å². The van der Waals surface area contributed by atoms with E-state index in [1.807, 2.05) is 13.0 Å². The van der Waals surface area contributed by atoms with Crippen molar-refractivity contribution in [2.45, 2.75) is 6.92 Å². The Bertz CT molecular complexity index is 1310.